The van der Waals surface area contributed by atoms with Gasteiger partial charge in [0, 0.05) is 31.7 Å². The van der Waals surface area contributed by atoms with Gasteiger partial charge < -0.3 is 29.7 Å². The van der Waals surface area contributed by atoms with Gasteiger partial charge in [-0.15, -0.1) is 0 Å². The van der Waals surface area contributed by atoms with Crippen LogP contribution in [0.25, 0.3) is 11.1 Å². The topological polar surface area (TPSA) is 119 Å². The monoisotopic (exact) mass is 466 g/mol. The standard InChI is InChI=1S/C25H30N4O5/c1-2-28(16-21(30)20(27-25(32)33)14-17-8-4-3-5-9-17)23(31)18-10-11-19-22(15-18)34-24(26-19)29-12-6-7-13-29/h3-5,8-11,15,20-21,27,30H,2,6-7,12-14,16H2,1H3,(H,32,33)/t20?,21-/m1/s1. The fourth-order valence-electron chi connectivity index (χ4n) is 4.29. The molecule has 2 heterocycles. The summed E-state index contributed by atoms with van der Waals surface area (Å²) >= 11 is 0. The van der Waals surface area contributed by atoms with Gasteiger partial charge in [-0.1, -0.05) is 30.3 Å². The molecule has 1 fully saturated rings. The fourth-order valence-corrected chi connectivity index (χ4v) is 4.29. The van der Waals surface area contributed by atoms with Crippen LogP contribution in [0.2, 0.25) is 0 Å². The molecular weight excluding hydrogens is 436 g/mol. The van der Waals surface area contributed by atoms with E-state index < -0.39 is 18.2 Å². The van der Waals surface area contributed by atoms with Gasteiger partial charge in [-0.2, -0.15) is 4.98 Å². The fraction of sp³-hybridized carbons (Fsp3) is 0.400. The molecule has 1 aliphatic rings. The molecule has 0 aliphatic carbocycles. The highest BCUT2D eigenvalue weighted by Gasteiger charge is 2.26. The molecule has 0 saturated carbocycles. The van der Waals surface area contributed by atoms with Gasteiger partial charge in [0.1, 0.15) is 5.52 Å². The minimum Gasteiger partial charge on any atom is -0.465 e. The zero-order chi connectivity index (χ0) is 24.1. The highest BCUT2D eigenvalue weighted by molar-refractivity contribution is 5.97. The van der Waals surface area contributed by atoms with Crippen molar-refractivity contribution < 1.29 is 24.2 Å². The lowest BCUT2D eigenvalue weighted by atomic mass is 10.0. The van der Waals surface area contributed by atoms with Crippen LogP contribution in [0.15, 0.2) is 52.9 Å². The Morgan fingerprint density at radius 2 is 1.91 bits per heavy atom. The molecular formula is C25H30N4O5. The van der Waals surface area contributed by atoms with Gasteiger partial charge in [0.15, 0.2) is 5.58 Å². The van der Waals surface area contributed by atoms with Crippen molar-refractivity contribution in [1.29, 1.82) is 0 Å². The van der Waals surface area contributed by atoms with Crippen LogP contribution in [0, 0.1) is 0 Å². The van der Waals surface area contributed by atoms with E-state index in [-0.39, 0.29) is 12.5 Å². The van der Waals surface area contributed by atoms with Gasteiger partial charge in [0.05, 0.1) is 12.1 Å². The molecule has 0 radical (unpaired) electrons. The number of carboxylic acid groups (broad SMARTS) is 1. The molecule has 1 saturated heterocycles. The number of aliphatic hydroxyl groups excluding tert-OH is 1. The number of likely N-dealkylation sites (N-methyl/N-ethyl adjacent to an activating group) is 1. The summed E-state index contributed by atoms with van der Waals surface area (Å²) < 4.78 is 5.91. The third-order valence-corrected chi connectivity index (χ3v) is 6.15. The second-order valence-electron chi connectivity index (χ2n) is 8.53. The van der Waals surface area contributed by atoms with Crippen LogP contribution in [0.4, 0.5) is 10.8 Å². The van der Waals surface area contributed by atoms with Crippen LogP contribution >= 0.6 is 0 Å². The number of hydrogen-bond acceptors (Lipinski definition) is 6. The Labute approximate surface area is 198 Å². The van der Waals surface area contributed by atoms with E-state index in [1.54, 1.807) is 18.2 Å². The summed E-state index contributed by atoms with van der Waals surface area (Å²) in [6.45, 7) is 3.98. The van der Waals surface area contributed by atoms with E-state index in [1.165, 1.54) is 4.90 Å². The van der Waals surface area contributed by atoms with Crippen molar-refractivity contribution in [3.8, 4) is 0 Å². The number of aromatic nitrogens is 1. The van der Waals surface area contributed by atoms with E-state index in [1.807, 2.05) is 37.3 Å². The minimum absolute atomic E-state index is 0.0133. The number of rotatable bonds is 9. The van der Waals surface area contributed by atoms with Crippen molar-refractivity contribution in [3.05, 3.63) is 59.7 Å². The van der Waals surface area contributed by atoms with Crippen LogP contribution < -0.4 is 10.2 Å². The van der Waals surface area contributed by atoms with Crippen LogP contribution in [-0.4, -0.2) is 70.4 Å². The Morgan fingerprint density at radius 1 is 1.18 bits per heavy atom. The number of nitrogens with zero attached hydrogens (tertiary/aromatic N) is 3. The number of amides is 2. The molecule has 0 bridgehead atoms. The predicted molar refractivity (Wildman–Crippen MR) is 128 cm³/mol. The molecule has 34 heavy (non-hydrogen) atoms. The number of nitrogens with one attached hydrogen (secondary N) is 1. The Bertz CT molecular complexity index is 1130. The normalized spacial score (nSPS) is 15.3. The van der Waals surface area contributed by atoms with E-state index in [0.29, 0.717) is 35.6 Å². The van der Waals surface area contributed by atoms with Crippen molar-refractivity contribution in [3.63, 3.8) is 0 Å². The maximum Gasteiger partial charge on any atom is 0.404 e. The van der Waals surface area contributed by atoms with Crippen molar-refractivity contribution in [2.75, 3.05) is 31.1 Å². The quantitative estimate of drug-likeness (QED) is 0.443. The number of hydrogen-bond donors (Lipinski definition) is 3. The van der Waals surface area contributed by atoms with Gasteiger partial charge in [0.25, 0.3) is 11.9 Å². The van der Waals surface area contributed by atoms with Gasteiger partial charge in [-0.3, -0.25) is 4.79 Å². The number of carbonyl (C=O) groups excluding carboxylic acids is 1. The summed E-state index contributed by atoms with van der Waals surface area (Å²) in [5.41, 5.74) is 2.55. The first-order valence-corrected chi connectivity index (χ1v) is 11.6. The van der Waals surface area contributed by atoms with Gasteiger partial charge in [-0.05, 0) is 49.9 Å². The van der Waals surface area contributed by atoms with E-state index in [0.717, 1.165) is 31.5 Å². The highest BCUT2D eigenvalue weighted by atomic mass is 16.4. The zero-order valence-corrected chi connectivity index (χ0v) is 19.2. The third-order valence-electron chi connectivity index (χ3n) is 6.15. The third kappa shape index (κ3) is 5.48. The van der Waals surface area contributed by atoms with Crippen molar-refractivity contribution in [2.24, 2.45) is 0 Å². The summed E-state index contributed by atoms with van der Waals surface area (Å²) in [5, 5.41) is 22.5. The molecule has 1 aliphatic heterocycles. The van der Waals surface area contributed by atoms with Crippen LogP contribution in [-0.2, 0) is 6.42 Å². The second-order valence-corrected chi connectivity index (χ2v) is 8.53. The maximum absolute atomic E-state index is 13.2. The van der Waals surface area contributed by atoms with E-state index in [9.17, 15) is 19.8 Å². The number of fused-ring (bicyclic) bond motifs is 1. The van der Waals surface area contributed by atoms with Crippen LogP contribution in [0.1, 0.15) is 35.7 Å². The average molecular weight is 467 g/mol. The summed E-state index contributed by atoms with van der Waals surface area (Å²) in [6.07, 6.45) is 0.217. The number of benzene rings is 2. The Hall–Kier alpha value is -3.59. The maximum atomic E-state index is 13.2. The summed E-state index contributed by atoms with van der Waals surface area (Å²) in [5.74, 6) is -0.267. The molecule has 2 amide bonds. The molecule has 4 rings (SSSR count). The van der Waals surface area contributed by atoms with E-state index in [4.69, 9.17) is 4.42 Å². The van der Waals surface area contributed by atoms with Crippen LogP contribution in [0.5, 0.6) is 0 Å². The Kier molecular flexibility index (Phi) is 7.32. The summed E-state index contributed by atoms with van der Waals surface area (Å²) in [6, 6.07) is 14.3. The molecule has 9 nitrogen and oxygen atoms in total. The lowest BCUT2D eigenvalue weighted by Gasteiger charge is -2.29. The first-order valence-electron chi connectivity index (χ1n) is 11.6. The first kappa shape index (κ1) is 23.6. The zero-order valence-electron chi connectivity index (χ0n) is 19.2. The SMILES string of the molecule is CCN(C[C@@H](O)C(Cc1ccccc1)NC(=O)O)C(=O)c1ccc2nc(N3CCCC3)oc2c1. The molecule has 2 atom stereocenters. The summed E-state index contributed by atoms with van der Waals surface area (Å²) in [7, 11) is 0. The molecule has 180 valence electrons. The minimum atomic E-state index is -1.22. The molecule has 2 aromatic carbocycles. The molecule has 3 N–H and O–H groups in total. The van der Waals surface area contributed by atoms with E-state index in [2.05, 4.69) is 15.2 Å². The lowest BCUT2D eigenvalue weighted by Crippen LogP contribution is -2.50. The summed E-state index contributed by atoms with van der Waals surface area (Å²) in [4.78, 5) is 32.7. The number of oxazole rings is 1. The van der Waals surface area contributed by atoms with E-state index >= 15 is 0 Å². The average Bonchev–Trinajstić information content (AvgIpc) is 3.51. The van der Waals surface area contributed by atoms with Gasteiger partial charge >= 0.3 is 6.09 Å². The van der Waals surface area contributed by atoms with Gasteiger partial charge in [-0.25, -0.2) is 4.79 Å². The predicted octanol–water partition coefficient (Wildman–Crippen LogP) is 3.13. The van der Waals surface area contributed by atoms with Gasteiger partial charge in [0.2, 0.25) is 0 Å². The lowest BCUT2D eigenvalue weighted by molar-refractivity contribution is 0.0551. The number of anilines is 1. The largest absolute Gasteiger partial charge is 0.465 e. The van der Waals surface area contributed by atoms with Crippen molar-refractivity contribution >= 4 is 29.1 Å². The second kappa shape index (κ2) is 10.6. The number of carbonyl (C=O) groups is 2. The van der Waals surface area contributed by atoms with Crippen LogP contribution in [0.3, 0.4) is 0 Å². The highest BCUT2D eigenvalue weighted by Crippen LogP contribution is 2.26. The van der Waals surface area contributed by atoms with Crippen molar-refractivity contribution in [2.45, 2.75) is 38.3 Å². The smallest absolute Gasteiger partial charge is 0.404 e. The molecule has 0 spiro atoms. The molecule has 3 aromatic rings. The molecule has 9 heteroatoms. The Balaban J connectivity index is 1.48. The Morgan fingerprint density at radius 3 is 2.59 bits per heavy atom. The number of aliphatic hydroxyl groups is 1. The first-order chi connectivity index (χ1) is 16.4. The molecule has 1 unspecified atom stereocenters. The molecule has 1 aromatic heterocycles. The van der Waals surface area contributed by atoms with Crippen molar-refractivity contribution in [1.82, 2.24) is 15.2 Å².